The Morgan fingerprint density at radius 2 is 2.00 bits per heavy atom. The van der Waals surface area contributed by atoms with Crippen molar-refractivity contribution >= 4 is 21.4 Å². The van der Waals surface area contributed by atoms with Gasteiger partial charge in [0.15, 0.2) is 0 Å². The zero-order valence-electron chi connectivity index (χ0n) is 10.8. The third kappa shape index (κ3) is 3.66. The van der Waals surface area contributed by atoms with Crippen LogP contribution in [0.25, 0.3) is 0 Å². The molecule has 0 amide bonds. The number of thiophene rings is 1. The number of sulfonamides is 1. The maximum Gasteiger partial charge on any atom is 0.250 e. The van der Waals surface area contributed by atoms with Gasteiger partial charge in [0.2, 0.25) is 10.0 Å². The minimum absolute atomic E-state index is 0.162. The van der Waals surface area contributed by atoms with E-state index in [2.05, 4.69) is 10.0 Å². The Balaban J connectivity index is 2.04. The van der Waals surface area contributed by atoms with Gasteiger partial charge >= 0.3 is 0 Å². The van der Waals surface area contributed by atoms with Crippen molar-refractivity contribution in [2.24, 2.45) is 0 Å². The fraction of sp³-hybridized carbons (Fsp3) is 0.333. The van der Waals surface area contributed by atoms with Crippen LogP contribution in [0.4, 0.5) is 0 Å². The molecule has 0 bridgehead atoms. The lowest BCUT2D eigenvalue weighted by Crippen LogP contribution is -2.22. The molecule has 2 rings (SSSR count). The van der Waals surface area contributed by atoms with Crippen LogP contribution in [0.2, 0.25) is 0 Å². The Kier molecular flexibility index (Phi) is 4.41. The monoisotopic (exact) mass is 300 g/mol. The summed E-state index contributed by atoms with van der Waals surface area (Å²) in [4.78, 5) is 0.983. The Hall–Kier alpha value is -1.15. The van der Waals surface area contributed by atoms with E-state index in [1.807, 2.05) is 20.0 Å². The predicted octanol–water partition coefficient (Wildman–Crippen LogP) is 1.85. The van der Waals surface area contributed by atoms with Crippen LogP contribution >= 0.6 is 11.3 Å². The lowest BCUT2D eigenvalue weighted by Gasteiger charge is -2.02. The van der Waals surface area contributed by atoms with Gasteiger partial charge in [-0.05, 0) is 38.2 Å². The van der Waals surface area contributed by atoms with Crippen molar-refractivity contribution in [1.82, 2.24) is 10.0 Å². The van der Waals surface area contributed by atoms with E-state index >= 15 is 0 Å². The van der Waals surface area contributed by atoms with Crippen LogP contribution in [0.15, 0.2) is 32.9 Å². The predicted molar refractivity (Wildman–Crippen MR) is 74.6 cm³/mol. The largest absolute Gasteiger partial charge is 0.465 e. The first-order valence-corrected chi connectivity index (χ1v) is 8.09. The van der Waals surface area contributed by atoms with Gasteiger partial charge in [-0.15, -0.1) is 11.3 Å². The molecule has 2 aromatic heterocycles. The number of hydrogen-bond acceptors (Lipinski definition) is 5. The molecule has 2 N–H and O–H groups in total. The van der Waals surface area contributed by atoms with E-state index in [1.54, 1.807) is 18.2 Å². The number of nitrogens with one attached hydrogen (secondary N) is 2. The van der Waals surface area contributed by atoms with Gasteiger partial charge in [0.1, 0.15) is 15.7 Å². The number of furan rings is 1. The van der Waals surface area contributed by atoms with Crippen LogP contribution in [0.3, 0.4) is 0 Å². The molecule has 7 heteroatoms. The molecule has 0 radical (unpaired) electrons. The van der Waals surface area contributed by atoms with Crippen LogP contribution in [-0.2, 0) is 23.1 Å². The molecule has 2 heterocycles. The zero-order chi connectivity index (χ0) is 13.9. The summed E-state index contributed by atoms with van der Waals surface area (Å²) < 4.78 is 32.3. The highest BCUT2D eigenvalue weighted by molar-refractivity contribution is 7.91. The van der Waals surface area contributed by atoms with E-state index in [9.17, 15) is 8.42 Å². The molecule has 0 saturated carbocycles. The highest BCUT2D eigenvalue weighted by Crippen LogP contribution is 2.21. The molecular formula is C12H16N2O3S2. The second-order valence-electron chi connectivity index (χ2n) is 4.09. The Morgan fingerprint density at radius 1 is 1.21 bits per heavy atom. The van der Waals surface area contributed by atoms with Crippen LogP contribution < -0.4 is 10.0 Å². The van der Waals surface area contributed by atoms with E-state index in [0.29, 0.717) is 16.5 Å². The van der Waals surface area contributed by atoms with Crippen LogP contribution in [0, 0.1) is 6.92 Å². The average Bonchev–Trinajstić information content (AvgIpc) is 2.97. The first kappa shape index (κ1) is 14.3. The molecule has 104 valence electrons. The van der Waals surface area contributed by atoms with Gasteiger partial charge in [-0.25, -0.2) is 13.1 Å². The quantitative estimate of drug-likeness (QED) is 0.854. The van der Waals surface area contributed by atoms with Gasteiger partial charge in [0, 0.05) is 11.4 Å². The summed E-state index contributed by atoms with van der Waals surface area (Å²) in [7, 11) is -1.64. The molecule has 0 aliphatic heterocycles. The van der Waals surface area contributed by atoms with Crippen molar-refractivity contribution in [3.63, 3.8) is 0 Å². The maximum atomic E-state index is 12.1. The molecule has 0 saturated heterocycles. The minimum atomic E-state index is -3.47. The smallest absolute Gasteiger partial charge is 0.250 e. The van der Waals surface area contributed by atoms with Crippen molar-refractivity contribution in [3.05, 3.63) is 40.7 Å². The first-order chi connectivity index (χ1) is 9.01. The zero-order valence-corrected chi connectivity index (χ0v) is 12.4. The highest BCUT2D eigenvalue weighted by atomic mass is 32.2. The molecule has 0 fully saturated rings. The Bertz CT molecular complexity index is 643. The van der Waals surface area contributed by atoms with Crippen molar-refractivity contribution < 1.29 is 12.8 Å². The number of aryl methyl sites for hydroxylation is 1. The molecule has 2 aromatic rings. The number of rotatable bonds is 6. The normalized spacial score (nSPS) is 11.9. The SMILES string of the molecule is CNCc1ccc(S(=O)(=O)NCc2ccc(C)o2)s1. The van der Waals surface area contributed by atoms with E-state index in [1.165, 1.54) is 11.3 Å². The van der Waals surface area contributed by atoms with Crippen molar-refractivity contribution in [2.75, 3.05) is 7.05 Å². The van der Waals surface area contributed by atoms with Gasteiger partial charge in [-0.3, -0.25) is 0 Å². The molecule has 0 aliphatic rings. The summed E-state index contributed by atoms with van der Waals surface area (Å²) in [5, 5.41) is 2.99. The molecular weight excluding hydrogens is 284 g/mol. The van der Waals surface area contributed by atoms with E-state index in [0.717, 1.165) is 10.6 Å². The van der Waals surface area contributed by atoms with E-state index in [4.69, 9.17) is 4.42 Å². The lowest BCUT2D eigenvalue weighted by molar-refractivity contribution is 0.475. The van der Waals surface area contributed by atoms with Gasteiger partial charge < -0.3 is 9.73 Å². The number of hydrogen-bond donors (Lipinski definition) is 2. The Morgan fingerprint density at radius 3 is 2.63 bits per heavy atom. The van der Waals surface area contributed by atoms with Gasteiger partial charge in [0.05, 0.1) is 6.54 Å². The van der Waals surface area contributed by atoms with Crippen molar-refractivity contribution in [2.45, 2.75) is 24.2 Å². The summed E-state index contributed by atoms with van der Waals surface area (Å²) in [5.41, 5.74) is 0. The second kappa shape index (κ2) is 5.87. The summed E-state index contributed by atoms with van der Waals surface area (Å²) in [5.74, 6) is 1.37. The Labute approximate surface area is 116 Å². The fourth-order valence-electron chi connectivity index (χ4n) is 1.59. The molecule has 0 unspecified atom stereocenters. The molecule has 0 aliphatic carbocycles. The summed E-state index contributed by atoms with van der Waals surface area (Å²) in [6, 6.07) is 7.00. The van der Waals surface area contributed by atoms with Crippen molar-refractivity contribution in [1.29, 1.82) is 0 Å². The van der Waals surface area contributed by atoms with Crippen molar-refractivity contribution in [3.8, 4) is 0 Å². The summed E-state index contributed by atoms with van der Waals surface area (Å²) >= 11 is 1.26. The first-order valence-electron chi connectivity index (χ1n) is 5.79. The van der Waals surface area contributed by atoms with E-state index in [-0.39, 0.29) is 6.54 Å². The van der Waals surface area contributed by atoms with Gasteiger partial charge in [-0.2, -0.15) is 0 Å². The molecule has 0 atom stereocenters. The van der Waals surface area contributed by atoms with Crippen LogP contribution in [-0.4, -0.2) is 15.5 Å². The maximum absolute atomic E-state index is 12.1. The molecule has 0 aromatic carbocycles. The molecule has 0 spiro atoms. The molecule has 19 heavy (non-hydrogen) atoms. The van der Waals surface area contributed by atoms with Gasteiger partial charge in [0.25, 0.3) is 0 Å². The van der Waals surface area contributed by atoms with Crippen LogP contribution in [0.5, 0.6) is 0 Å². The van der Waals surface area contributed by atoms with Gasteiger partial charge in [-0.1, -0.05) is 0 Å². The lowest BCUT2D eigenvalue weighted by atomic mass is 10.4. The third-order valence-corrected chi connectivity index (χ3v) is 5.46. The minimum Gasteiger partial charge on any atom is -0.465 e. The third-order valence-electron chi connectivity index (χ3n) is 2.49. The molecule has 5 nitrogen and oxygen atoms in total. The summed E-state index contributed by atoms with van der Waals surface area (Å²) in [6.45, 7) is 2.65. The summed E-state index contributed by atoms with van der Waals surface area (Å²) in [6.07, 6.45) is 0. The fourth-order valence-corrected chi connectivity index (χ4v) is 3.99. The topological polar surface area (TPSA) is 71.3 Å². The van der Waals surface area contributed by atoms with E-state index < -0.39 is 10.0 Å². The highest BCUT2D eigenvalue weighted by Gasteiger charge is 2.17. The standard InChI is InChI=1S/C12H16N2O3S2/c1-9-3-4-10(17-9)7-14-19(15,16)12-6-5-11(18-12)8-13-2/h3-6,13-14H,7-8H2,1-2H3. The van der Waals surface area contributed by atoms with Crippen LogP contribution in [0.1, 0.15) is 16.4 Å². The average molecular weight is 300 g/mol. The second-order valence-corrected chi connectivity index (χ2v) is 7.25.